The molecule has 3 aromatic heterocycles. The standard InChI is InChI=1S/C26H31ClN6O2S/c27-26-31-15-19-20(25-30-11-12-36-25)16-33(24(19)32-26)21-13-18(22(34)23(21)35)14-29-9-4-8-28-10-7-17-5-2-1-3-6-17/h1-3,5-6,11-12,15-16,18,21-23,28-29,34-35H,4,7-10,13-14H2/t18-,21-,22-,23+/m1/s1. The molecular weight excluding hydrogens is 496 g/mol. The Labute approximate surface area is 219 Å². The van der Waals surface area contributed by atoms with E-state index >= 15 is 0 Å². The van der Waals surface area contributed by atoms with Crippen molar-refractivity contribution in [2.75, 3.05) is 26.2 Å². The summed E-state index contributed by atoms with van der Waals surface area (Å²) < 4.78 is 1.93. The number of nitrogens with one attached hydrogen (secondary N) is 2. The van der Waals surface area contributed by atoms with Crippen molar-refractivity contribution in [1.29, 1.82) is 0 Å². The van der Waals surface area contributed by atoms with Gasteiger partial charge in [0, 0.05) is 47.4 Å². The van der Waals surface area contributed by atoms with Crippen molar-refractivity contribution in [1.82, 2.24) is 30.2 Å². The van der Waals surface area contributed by atoms with Crippen LogP contribution in [0.1, 0.15) is 24.4 Å². The quantitative estimate of drug-likeness (QED) is 0.175. The van der Waals surface area contributed by atoms with Gasteiger partial charge in [-0.15, -0.1) is 11.3 Å². The third kappa shape index (κ3) is 5.61. The maximum absolute atomic E-state index is 10.9. The second kappa shape index (κ2) is 11.8. The van der Waals surface area contributed by atoms with Gasteiger partial charge in [-0.25, -0.2) is 9.97 Å². The summed E-state index contributed by atoms with van der Waals surface area (Å²) in [5.74, 6) is -0.0610. The van der Waals surface area contributed by atoms with E-state index in [4.69, 9.17) is 11.6 Å². The highest BCUT2D eigenvalue weighted by Gasteiger charge is 2.42. The molecule has 0 spiro atoms. The lowest BCUT2D eigenvalue weighted by Crippen LogP contribution is -2.34. The molecule has 0 saturated heterocycles. The van der Waals surface area contributed by atoms with Crippen LogP contribution in [0.15, 0.2) is 54.3 Å². The largest absolute Gasteiger partial charge is 0.390 e. The maximum Gasteiger partial charge on any atom is 0.224 e. The average molecular weight is 527 g/mol. The molecule has 4 N–H and O–H groups in total. The van der Waals surface area contributed by atoms with Crippen molar-refractivity contribution < 1.29 is 10.2 Å². The van der Waals surface area contributed by atoms with Gasteiger partial charge in [0.15, 0.2) is 0 Å². The van der Waals surface area contributed by atoms with E-state index in [0.29, 0.717) is 18.6 Å². The van der Waals surface area contributed by atoms with E-state index in [1.807, 2.05) is 22.2 Å². The molecule has 1 fully saturated rings. The number of hydrogen-bond donors (Lipinski definition) is 4. The van der Waals surface area contributed by atoms with E-state index in [9.17, 15) is 10.2 Å². The summed E-state index contributed by atoms with van der Waals surface area (Å²) in [6.07, 6.45) is 6.35. The highest BCUT2D eigenvalue weighted by atomic mass is 35.5. The summed E-state index contributed by atoms with van der Waals surface area (Å²) in [6.45, 7) is 3.40. The number of thiazole rings is 1. The third-order valence-electron chi connectivity index (χ3n) is 6.88. The monoisotopic (exact) mass is 526 g/mol. The fourth-order valence-electron chi connectivity index (χ4n) is 4.99. The van der Waals surface area contributed by atoms with Gasteiger partial charge in [-0.2, -0.15) is 4.98 Å². The lowest BCUT2D eigenvalue weighted by molar-refractivity contribution is 0.00695. The molecule has 1 saturated carbocycles. The number of aliphatic hydroxyl groups is 2. The van der Waals surface area contributed by atoms with Gasteiger partial charge in [0.25, 0.3) is 0 Å². The molecule has 0 aliphatic heterocycles. The summed E-state index contributed by atoms with van der Waals surface area (Å²) >= 11 is 7.64. The Kier molecular flexibility index (Phi) is 8.25. The van der Waals surface area contributed by atoms with Gasteiger partial charge in [-0.05, 0) is 56.1 Å². The van der Waals surface area contributed by atoms with Crippen LogP contribution < -0.4 is 10.6 Å². The SMILES string of the molecule is O[C@@H]1[C@@H](CNCCCNCCc2ccccc2)C[C@@H](n2cc(-c3nccs3)c3cnc(Cl)nc32)[C@@H]1O. The predicted molar refractivity (Wildman–Crippen MR) is 143 cm³/mol. The molecule has 8 nitrogen and oxygen atoms in total. The van der Waals surface area contributed by atoms with Crippen LogP contribution in [0.5, 0.6) is 0 Å². The van der Waals surface area contributed by atoms with Crippen molar-refractivity contribution in [3.8, 4) is 10.6 Å². The second-order valence-corrected chi connectivity index (χ2v) is 10.5. The number of hydrogen-bond acceptors (Lipinski definition) is 8. The number of halogens is 1. The highest BCUT2D eigenvalue weighted by molar-refractivity contribution is 7.13. The molecule has 5 rings (SSSR count). The molecular formula is C26H31ClN6O2S. The van der Waals surface area contributed by atoms with Gasteiger partial charge in [0.1, 0.15) is 16.8 Å². The van der Waals surface area contributed by atoms with Crippen LogP contribution in [0, 0.1) is 5.92 Å². The minimum absolute atomic E-state index is 0.0610. The molecule has 4 atom stereocenters. The Morgan fingerprint density at radius 1 is 1.06 bits per heavy atom. The van der Waals surface area contributed by atoms with Gasteiger partial charge in [0.05, 0.1) is 12.1 Å². The second-order valence-electron chi connectivity index (χ2n) is 9.25. The molecule has 0 bridgehead atoms. The Balaban J connectivity index is 1.15. The average Bonchev–Trinajstić information content (AvgIpc) is 3.61. The van der Waals surface area contributed by atoms with Crippen molar-refractivity contribution in [3.63, 3.8) is 0 Å². The predicted octanol–water partition coefficient (Wildman–Crippen LogP) is 3.30. The zero-order valence-electron chi connectivity index (χ0n) is 19.9. The Morgan fingerprint density at radius 3 is 2.69 bits per heavy atom. The van der Waals surface area contributed by atoms with Crippen LogP contribution in [0.4, 0.5) is 0 Å². The molecule has 4 aromatic rings. The third-order valence-corrected chi connectivity index (χ3v) is 7.87. The smallest absolute Gasteiger partial charge is 0.224 e. The molecule has 3 heterocycles. The highest BCUT2D eigenvalue weighted by Crippen LogP contribution is 2.40. The Bertz CT molecular complexity index is 1250. The van der Waals surface area contributed by atoms with Crippen LogP contribution in [0.2, 0.25) is 5.28 Å². The van der Waals surface area contributed by atoms with Crippen molar-refractivity contribution in [2.45, 2.75) is 37.5 Å². The van der Waals surface area contributed by atoms with Crippen LogP contribution in [-0.4, -0.2) is 68.1 Å². The Morgan fingerprint density at radius 2 is 1.89 bits per heavy atom. The number of fused-ring (bicyclic) bond motifs is 1. The Hall–Kier alpha value is -2.40. The van der Waals surface area contributed by atoms with Crippen molar-refractivity contribution >= 4 is 34.0 Å². The zero-order chi connectivity index (χ0) is 24.9. The van der Waals surface area contributed by atoms with Crippen LogP contribution in [0.3, 0.4) is 0 Å². The molecule has 0 amide bonds. The molecule has 1 aliphatic carbocycles. The van der Waals surface area contributed by atoms with Crippen LogP contribution in [-0.2, 0) is 6.42 Å². The van der Waals surface area contributed by atoms with Crippen LogP contribution in [0.25, 0.3) is 21.6 Å². The normalized spacial score (nSPS) is 22.0. The molecule has 1 aromatic carbocycles. The molecule has 36 heavy (non-hydrogen) atoms. The zero-order valence-corrected chi connectivity index (χ0v) is 21.5. The summed E-state index contributed by atoms with van der Waals surface area (Å²) in [5, 5.41) is 32.4. The topological polar surface area (TPSA) is 108 Å². The van der Waals surface area contributed by atoms with E-state index in [-0.39, 0.29) is 17.2 Å². The summed E-state index contributed by atoms with van der Waals surface area (Å²) in [7, 11) is 0. The fraction of sp³-hybridized carbons (Fsp3) is 0.423. The number of aromatic nitrogens is 4. The first-order valence-corrected chi connectivity index (χ1v) is 13.6. The maximum atomic E-state index is 10.9. The number of nitrogens with zero attached hydrogens (tertiary/aromatic N) is 4. The minimum Gasteiger partial charge on any atom is -0.390 e. The van der Waals surface area contributed by atoms with E-state index < -0.39 is 12.2 Å². The molecule has 1 aliphatic rings. The van der Waals surface area contributed by atoms with Crippen LogP contribution >= 0.6 is 22.9 Å². The molecule has 190 valence electrons. The molecule has 10 heteroatoms. The van der Waals surface area contributed by atoms with E-state index in [1.165, 1.54) is 16.9 Å². The lowest BCUT2D eigenvalue weighted by atomic mass is 10.1. The van der Waals surface area contributed by atoms with Gasteiger partial charge in [-0.1, -0.05) is 30.3 Å². The van der Waals surface area contributed by atoms with Gasteiger partial charge < -0.3 is 25.4 Å². The van der Waals surface area contributed by atoms with E-state index in [2.05, 4.69) is 49.9 Å². The molecule has 0 radical (unpaired) electrons. The number of aliphatic hydroxyl groups excluding tert-OH is 2. The summed E-state index contributed by atoms with van der Waals surface area (Å²) in [5.41, 5.74) is 2.89. The summed E-state index contributed by atoms with van der Waals surface area (Å²) in [4.78, 5) is 13.0. The van der Waals surface area contributed by atoms with Gasteiger partial charge in [-0.3, -0.25) is 0 Å². The first kappa shape index (κ1) is 25.3. The minimum atomic E-state index is -0.898. The number of rotatable bonds is 11. The van der Waals surface area contributed by atoms with E-state index in [0.717, 1.165) is 48.4 Å². The van der Waals surface area contributed by atoms with Gasteiger partial charge in [0.2, 0.25) is 5.28 Å². The van der Waals surface area contributed by atoms with E-state index in [1.54, 1.807) is 12.4 Å². The fourth-order valence-corrected chi connectivity index (χ4v) is 5.79. The summed E-state index contributed by atoms with van der Waals surface area (Å²) in [6, 6.07) is 10.2. The lowest BCUT2D eigenvalue weighted by Gasteiger charge is -2.19. The van der Waals surface area contributed by atoms with Gasteiger partial charge >= 0.3 is 0 Å². The number of benzene rings is 1. The van der Waals surface area contributed by atoms with Crippen molar-refractivity contribution in [2.24, 2.45) is 5.92 Å². The first-order valence-electron chi connectivity index (χ1n) is 12.4. The first-order chi connectivity index (χ1) is 17.6. The molecule has 0 unspecified atom stereocenters. The van der Waals surface area contributed by atoms with Crippen molar-refractivity contribution in [3.05, 3.63) is 65.1 Å².